The van der Waals surface area contributed by atoms with Gasteiger partial charge < -0.3 is 15.1 Å². The van der Waals surface area contributed by atoms with Crippen LogP contribution in [0.4, 0.5) is 5.82 Å². The van der Waals surface area contributed by atoms with Gasteiger partial charge in [-0.2, -0.15) is 0 Å². The molecular formula is C19H29N5O2. The minimum Gasteiger partial charge on any atom is -0.356 e. The van der Waals surface area contributed by atoms with Gasteiger partial charge in [0.05, 0.1) is 12.1 Å². The van der Waals surface area contributed by atoms with Gasteiger partial charge in [0.25, 0.3) is 5.91 Å². The molecule has 7 heteroatoms. The van der Waals surface area contributed by atoms with Crippen molar-refractivity contribution in [2.24, 2.45) is 0 Å². The van der Waals surface area contributed by atoms with Crippen LogP contribution in [0.5, 0.6) is 0 Å². The fraction of sp³-hybridized carbons (Fsp3) is 0.632. The zero-order chi connectivity index (χ0) is 18.4. The van der Waals surface area contributed by atoms with Crippen LogP contribution in [0.3, 0.4) is 0 Å². The number of nitrogens with zero attached hydrogens (tertiary/aromatic N) is 4. The maximum Gasteiger partial charge on any atom is 0.257 e. The zero-order valence-electron chi connectivity index (χ0n) is 15.6. The quantitative estimate of drug-likeness (QED) is 0.820. The van der Waals surface area contributed by atoms with Gasteiger partial charge in [-0.1, -0.05) is 6.92 Å². The van der Waals surface area contributed by atoms with E-state index in [2.05, 4.69) is 20.1 Å². The molecule has 1 aromatic rings. The van der Waals surface area contributed by atoms with Gasteiger partial charge in [0.1, 0.15) is 5.82 Å². The number of hydrogen-bond acceptors (Lipinski definition) is 5. The van der Waals surface area contributed by atoms with E-state index in [1.54, 1.807) is 6.20 Å². The molecule has 1 N–H and O–H groups in total. The van der Waals surface area contributed by atoms with Gasteiger partial charge in [-0.15, -0.1) is 0 Å². The highest BCUT2D eigenvalue weighted by molar-refractivity contribution is 5.99. The summed E-state index contributed by atoms with van der Waals surface area (Å²) in [5.74, 6) is 0.932. The van der Waals surface area contributed by atoms with E-state index >= 15 is 0 Å². The van der Waals surface area contributed by atoms with Crippen LogP contribution >= 0.6 is 0 Å². The number of aromatic nitrogens is 1. The van der Waals surface area contributed by atoms with Crippen molar-refractivity contribution in [1.29, 1.82) is 0 Å². The minimum atomic E-state index is 0.0510. The van der Waals surface area contributed by atoms with E-state index in [0.717, 1.165) is 57.8 Å². The highest BCUT2D eigenvalue weighted by atomic mass is 16.2. The first-order valence-corrected chi connectivity index (χ1v) is 9.67. The third-order valence-electron chi connectivity index (χ3n) is 5.02. The number of rotatable bonds is 6. The Morgan fingerprint density at radius 3 is 2.54 bits per heavy atom. The standard InChI is InChI=1S/C19H29N5O2/c1-2-7-20-17(25)15-22-11-13-24(14-12-22)19(26)16-6-5-8-21-18(16)23-9-3-4-10-23/h5-6,8H,2-4,7,9-15H2,1H3,(H,20,25). The second kappa shape index (κ2) is 8.98. The normalized spacial score (nSPS) is 18.2. The van der Waals surface area contributed by atoms with E-state index in [-0.39, 0.29) is 11.8 Å². The van der Waals surface area contributed by atoms with E-state index < -0.39 is 0 Å². The van der Waals surface area contributed by atoms with Gasteiger partial charge in [-0.25, -0.2) is 4.98 Å². The summed E-state index contributed by atoms with van der Waals surface area (Å²) >= 11 is 0. The van der Waals surface area contributed by atoms with Crippen molar-refractivity contribution in [1.82, 2.24) is 20.1 Å². The molecule has 7 nitrogen and oxygen atoms in total. The first kappa shape index (κ1) is 18.6. The molecule has 3 heterocycles. The second-order valence-corrected chi connectivity index (χ2v) is 6.99. The van der Waals surface area contributed by atoms with Gasteiger partial charge in [0, 0.05) is 52.0 Å². The van der Waals surface area contributed by atoms with Crippen LogP contribution in [-0.4, -0.2) is 79.0 Å². The summed E-state index contributed by atoms with van der Waals surface area (Å²) < 4.78 is 0. The molecule has 0 radical (unpaired) electrons. The van der Waals surface area contributed by atoms with Crippen molar-refractivity contribution in [3.8, 4) is 0 Å². The van der Waals surface area contributed by atoms with Crippen LogP contribution in [0.1, 0.15) is 36.5 Å². The number of carbonyl (C=O) groups excluding carboxylic acids is 2. The highest BCUT2D eigenvalue weighted by Gasteiger charge is 2.27. The first-order valence-electron chi connectivity index (χ1n) is 9.67. The van der Waals surface area contributed by atoms with Gasteiger partial charge in [-0.05, 0) is 31.4 Å². The molecule has 26 heavy (non-hydrogen) atoms. The highest BCUT2D eigenvalue weighted by Crippen LogP contribution is 2.23. The number of nitrogens with one attached hydrogen (secondary N) is 1. The van der Waals surface area contributed by atoms with Crippen molar-refractivity contribution in [3.63, 3.8) is 0 Å². The molecule has 1 aromatic heterocycles. The number of pyridine rings is 1. The molecular weight excluding hydrogens is 330 g/mol. The monoisotopic (exact) mass is 359 g/mol. The Balaban J connectivity index is 1.56. The Kier molecular flexibility index (Phi) is 6.44. The number of anilines is 1. The van der Waals surface area contributed by atoms with Crippen molar-refractivity contribution in [2.45, 2.75) is 26.2 Å². The largest absolute Gasteiger partial charge is 0.356 e. The second-order valence-electron chi connectivity index (χ2n) is 6.99. The predicted octanol–water partition coefficient (Wildman–Crippen LogP) is 0.966. The van der Waals surface area contributed by atoms with Gasteiger partial charge in [0.15, 0.2) is 0 Å². The summed E-state index contributed by atoms with van der Waals surface area (Å²) in [5, 5.41) is 2.90. The molecule has 0 aromatic carbocycles. The molecule has 2 aliphatic heterocycles. The van der Waals surface area contributed by atoms with E-state index in [4.69, 9.17) is 0 Å². The topological polar surface area (TPSA) is 68.8 Å². The van der Waals surface area contributed by atoms with E-state index in [1.165, 1.54) is 0 Å². The molecule has 2 aliphatic rings. The summed E-state index contributed by atoms with van der Waals surface area (Å²) in [6, 6.07) is 3.72. The zero-order valence-corrected chi connectivity index (χ0v) is 15.6. The Hall–Kier alpha value is -2.15. The molecule has 0 unspecified atom stereocenters. The lowest BCUT2D eigenvalue weighted by Crippen LogP contribution is -2.51. The maximum atomic E-state index is 13.0. The van der Waals surface area contributed by atoms with E-state index in [0.29, 0.717) is 25.2 Å². The van der Waals surface area contributed by atoms with Crippen molar-refractivity contribution < 1.29 is 9.59 Å². The Morgan fingerprint density at radius 2 is 1.85 bits per heavy atom. The number of hydrogen-bond donors (Lipinski definition) is 1. The molecule has 2 saturated heterocycles. The Labute approximate surface area is 155 Å². The molecule has 2 amide bonds. The van der Waals surface area contributed by atoms with Crippen LogP contribution in [0, 0.1) is 0 Å². The number of piperazine rings is 1. The molecule has 142 valence electrons. The first-order chi connectivity index (χ1) is 12.7. The van der Waals surface area contributed by atoms with E-state index in [1.807, 2.05) is 24.0 Å². The van der Waals surface area contributed by atoms with Crippen LogP contribution in [-0.2, 0) is 4.79 Å². The lowest BCUT2D eigenvalue weighted by Gasteiger charge is -2.34. The number of carbonyl (C=O) groups is 2. The van der Waals surface area contributed by atoms with Crippen molar-refractivity contribution >= 4 is 17.6 Å². The summed E-state index contributed by atoms with van der Waals surface area (Å²) in [7, 11) is 0. The molecule has 2 fully saturated rings. The third-order valence-corrected chi connectivity index (χ3v) is 5.02. The lowest BCUT2D eigenvalue weighted by atomic mass is 10.2. The third kappa shape index (κ3) is 4.52. The number of amides is 2. The summed E-state index contributed by atoms with van der Waals surface area (Å²) in [4.78, 5) is 35.5. The molecule has 0 atom stereocenters. The smallest absolute Gasteiger partial charge is 0.257 e. The molecule has 0 bridgehead atoms. The van der Waals surface area contributed by atoms with Gasteiger partial charge in [0.2, 0.25) is 5.91 Å². The SMILES string of the molecule is CCCNC(=O)CN1CCN(C(=O)c2cccnc2N2CCCC2)CC1. The predicted molar refractivity (Wildman–Crippen MR) is 101 cm³/mol. The van der Waals surface area contributed by atoms with E-state index in [9.17, 15) is 9.59 Å². The summed E-state index contributed by atoms with van der Waals surface area (Å²) in [6.07, 6.45) is 5.02. The summed E-state index contributed by atoms with van der Waals surface area (Å²) in [5.41, 5.74) is 0.698. The maximum absolute atomic E-state index is 13.0. The Morgan fingerprint density at radius 1 is 1.12 bits per heavy atom. The van der Waals surface area contributed by atoms with Gasteiger partial charge >= 0.3 is 0 Å². The average molecular weight is 359 g/mol. The molecule has 0 aliphatic carbocycles. The van der Waals surface area contributed by atoms with Crippen molar-refractivity contribution in [2.75, 3.05) is 57.3 Å². The van der Waals surface area contributed by atoms with Crippen LogP contribution in [0.2, 0.25) is 0 Å². The van der Waals surface area contributed by atoms with Crippen molar-refractivity contribution in [3.05, 3.63) is 23.9 Å². The van der Waals surface area contributed by atoms with Gasteiger partial charge in [-0.3, -0.25) is 14.5 Å². The minimum absolute atomic E-state index is 0.0510. The molecule has 0 spiro atoms. The fourth-order valence-corrected chi connectivity index (χ4v) is 3.55. The molecule has 0 saturated carbocycles. The Bertz CT molecular complexity index is 622. The fourth-order valence-electron chi connectivity index (χ4n) is 3.55. The average Bonchev–Trinajstić information content (AvgIpc) is 3.21. The summed E-state index contributed by atoms with van der Waals surface area (Å²) in [6.45, 7) is 7.86. The van der Waals surface area contributed by atoms with Crippen LogP contribution < -0.4 is 10.2 Å². The van der Waals surface area contributed by atoms with Crippen LogP contribution in [0.25, 0.3) is 0 Å². The lowest BCUT2D eigenvalue weighted by molar-refractivity contribution is -0.122. The van der Waals surface area contributed by atoms with Crippen LogP contribution in [0.15, 0.2) is 18.3 Å². The molecule has 3 rings (SSSR count).